The average molecular weight is 273 g/mol. The van der Waals surface area contributed by atoms with Crippen LogP contribution in [0.3, 0.4) is 0 Å². The first kappa shape index (κ1) is 14.1. The number of ether oxygens (including phenoxy) is 2. The zero-order valence-electron chi connectivity index (χ0n) is 12.0. The Morgan fingerprint density at radius 3 is 2.60 bits per heavy atom. The van der Waals surface area contributed by atoms with Crippen LogP contribution in [0.5, 0.6) is 11.5 Å². The molecule has 0 bridgehead atoms. The average Bonchev–Trinajstić information content (AvgIpc) is 2.47. The number of methoxy groups -OCH3 is 1. The normalized spacial score (nSPS) is 11.8. The molecular weight excluding hydrogens is 254 g/mol. The van der Waals surface area contributed by atoms with Gasteiger partial charge >= 0.3 is 0 Å². The van der Waals surface area contributed by atoms with Crippen LogP contribution >= 0.6 is 0 Å². The van der Waals surface area contributed by atoms with E-state index in [9.17, 15) is 0 Å². The molecule has 1 aromatic heterocycles. The fourth-order valence-electron chi connectivity index (χ4n) is 1.67. The van der Waals surface area contributed by atoms with Gasteiger partial charge in [-0.1, -0.05) is 6.07 Å². The molecule has 1 N–H and O–H groups in total. The Bertz CT molecular complexity index is 543. The third-order valence-electron chi connectivity index (χ3n) is 2.71. The van der Waals surface area contributed by atoms with E-state index in [0.717, 1.165) is 17.1 Å². The van der Waals surface area contributed by atoms with Crippen molar-refractivity contribution in [2.45, 2.75) is 20.0 Å². The minimum atomic E-state index is -0.00740. The van der Waals surface area contributed by atoms with E-state index in [2.05, 4.69) is 15.3 Å². The van der Waals surface area contributed by atoms with E-state index in [1.54, 1.807) is 19.5 Å². The van der Waals surface area contributed by atoms with Gasteiger partial charge < -0.3 is 14.8 Å². The highest BCUT2D eigenvalue weighted by Gasteiger charge is 2.05. The molecule has 2 aromatic rings. The van der Waals surface area contributed by atoms with E-state index in [4.69, 9.17) is 9.47 Å². The Kier molecular flexibility index (Phi) is 4.76. The summed E-state index contributed by atoms with van der Waals surface area (Å²) in [7, 11) is 1.64. The summed E-state index contributed by atoms with van der Waals surface area (Å²) in [5.41, 5.74) is 1.04. The second-order valence-corrected chi connectivity index (χ2v) is 4.57. The largest absolute Gasteiger partial charge is 0.497 e. The molecule has 2 rings (SSSR count). The maximum absolute atomic E-state index is 5.80. The van der Waals surface area contributed by atoms with Crippen molar-refractivity contribution in [3.8, 4) is 11.5 Å². The van der Waals surface area contributed by atoms with Crippen LogP contribution in [-0.4, -0.2) is 29.7 Å². The fraction of sp³-hybridized carbons (Fsp3) is 0.333. The number of hydrogen-bond donors (Lipinski definition) is 1. The molecule has 0 aliphatic heterocycles. The SMILES string of the molecule is COc1cccc(OC(C)CNc2ncc(C)cn2)c1. The van der Waals surface area contributed by atoms with Gasteiger partial charge in [-0.15, -0.1) is 0 Å². The van der Waals surface area contributed by atoms with Crippen molar-refractivity contribution in [3.05, 3.63) is 42.2 Å². The number of hydrogen-bond acceptors (Lipinski definition) is 5. The minimum absolute atomic E-state index is 0.00740. The molecular formula is C15H19N3O2. The molecule has 1 atom stereocenters. The second-order valence-electron chi connectivity index (χ2n) is 4.57. The smallest absolute Gasteiger partial charge is 0.222 e. The van der Waals surface area contributed by atoms with Gasteiger partial charge in [0.25, 0.3) is 0 Å². The summed E-state index contributed by atoms with van der Waals surface area (Å²) >= 11 is 0. The predicted molar refractivity (Wildman–Crippen MR) is 78.3 cm³/mol. The molecule has 0 amide bonds. The van der Waals surface area contributed by atoms with E-state index < -0.39 is 0 Å². The summed E-state index contributed by atoms with van der Waals surface area (Å²) in [5.74, 6) is 2.17. The third kappa shape index (κ3) is 4.12. The molecule has 106 valence electrons. The molecule has 0 aliphatic rings. The summed E-state index contributed by atoms with van der Waals surface area (Å²) in [6.07, 6.45) is 3.55. The second kappa shape index (κ2) is 6.75. The highest BCUT2D eigenvalue weighted by atomic mass is 16.5. The Hall–Kier alpha value is -2.30. The molecule has 1 aromatic carbocycles. The van der Waals surface area contributed by atoms with Gasteiger partial charge in [-0.2, -0.15) is 0 Å². The van der Waals surface area contributed by atoms with Crippen molar-refractivity contribution in [2.75, 3.05) is 19.0 Å². The molecule has 0 radical (unpaired) electrons. The molecule has 5 heteroatoms. The van der Waals surface area contributed by atoms with Gasteiger partial charge in [0.05, 0.1) is 13.7 Å². The van der Waals surface area contributed by atoms with Crippen molar-refractivity contribution < 1.29 is 9.47 Å². The summed E-state index contributed by atoms with van der Waals surface area (Å²) in [5, 5.41) is 3.14. The van der Waals surface area contributed by atoms with Crippen molar-refractivity contribution in [1.29, 1.82) is 0 Å². The lowest BCUT2D eigenvalue weighted by Crippen LogP contribution is -2.23. The first-order valence-electron chi connectivity index (χ1n) is 6.50. The van der Waals surface area contributed by atoms with Crippen molar-refractivity contribution in [3.63, 3.8) is 0 Å². The van der Waals surface area contributed by atoms with E-state index >= 15 is 0 Å². The number of anilines is 1. The zero-order valence-corrected chi connectivity index (χ0v) is 12.0. The number of rotatable bonds is 6. The third-order valence-corrected chi connectivity index (χ3v) is 2.71. The molecule has 1 unspecified atom stereocenters. The predicted octanol–water partition coefficient (Wildman–Crippen LogP) is 2.67. The topological polar surface area (TPSA) is 56.3 Å². The summed E-state index contributed by atoms with van der Waals surface area (Å²) in [6, 6.07) is 7.55. The first-order chi connectivity index (χ1) is 9.67. The first-order valence-corrected chi connectivity index (χ1v) is 6.50. The molecule has 1 heterocycles. The van der Waals surface area contributed by atoms with Crippen LogP contribution < -0.4 is 14.8 Å². The Morgan fingerprint density at radius 1 is 1.20 bits per heavy atom. The van der Waals surface area contributed by atoms with Crippen LogP contribution in [0, 0.1) is 6.92 Å². The van der Waals surface area contributed by atoms with Gasteiger partial charge in [0.2, 0.25) is 5.95 Å². The highest BCUT2D eigenvalue weighted by Crippen LogP contribution is 2.19. The van der Waals surface area contributed by atoms with Gasteiger partial charge in [0.1, 0.15) is 17.6 Å². The van der Waals surface area contributed by atoms with Crippen molar-refractivity contribution >= 4 is 5.95 Å². The maximum atomic E-state index is 5.80. The van der Waals surface area contributed by atoms with Crippen LogP contribution in [0.4, 0.5) is 5.95 Å². The molecule has 0 saturated carbocycles. The lowest BCUT2D eigenvalue weighted by atomic mass is 10.3. The van der Waals surface area contributed by atoms with E-state index in [0.29, 0.717) is 12.5 Å². The number of benzene rings is 1. The Morgan fingerprint density at radius 2 is 1.90 bits per heavy atom. The molecule has 0 spiro atoms. The van der Waals surface area contributed by atoms with Crippen LogP contribution in [0.25, 0.3) is 0 Å². The van der Waals surface area contributed by atoms with Crippen LogP contribution in [0.1, 0.15) is 12.5 Å². The Labute approximate surface area is 119 Å². The summed E-state index contributed by atoms with van der Waals surface area (Å²) < 4.78 is 11.0. The van der Waals surface area contributed by atoms with E-state index in [1.165, 1.54) is 0 Å². The van der Waals surface area contributed by atoms with Crippen LogP contribution in [0.15, 0.2) is 36.7 Å². The molecule has 0 fully saturated rings. The molecule has 5 nitrogen and oxygen atoms in total. The number of nitrogens with one attached hydrogen (secondary N) is 1. The molecule has 20 heavy (non-hydrogen) atoms. The highest BCUT2D eigenvalue weighted by molar-refractivity contribution is 5.33. The fourth-order valence-corrected chi connectivity index (χ4v) is 1.67. The van der Waals surface area contributed by atoms with E-state index in [-0.39, 0.29) is 6.10 Å². The number of aromatic nitrogens is 2. The number of nitrogens with zero attached hydrogens (tertiary/aromatic N) is 2. The Balaban J connectivity index is 1.85. The minimum Gasteiger partial charge on any atom is -0.497 e. The van der Waals surface area contributed by atoms with Gasteiger partial charge in [-0.25, -0.2) is 9.97 Å². The molecule has 0 saturated heterocycles. The van der Waals surface area contributed by atoms with E-state index in [1.807, 2.05) is 38.1 Å². The summed E-state index contributed by atoms with van der Waals surface area (Å²) in [6.45, 7) is 4.57. The standard InChI is InChI=1S/C15H19N3O2/c1-11-8-16-15(17-9-11)18-10-12(2)20-14-6-4-5-13(7-14)19-3/h4-9,12H,10H2,1-3H3,(H,16,17,18). The zero-order chi connectivity index (χ0) is 14.4. The van der Waals surface area contributed by atoms with Crippen LogP contribution in [-0.2, 0) is 0 Å². The van der Waals surface area contributed by atoms with Gasteiger partial charge in [0.15, 0.2) is 0 Å². The monoisotopic (exact) mass is 273 g/mol. The van der Waals surface area contributed by atoms with Gasteiger partial charge in [0, 0.05) is 18.5 Å². The lowest BCUT2D eigenvalue weighted by molar-refractivity contribution is 0.233. The van der Waals surface area contributed by atoms with Gasteiger partial charge in [-0.05, 0) is 31.5 Å². The maximum Gasteiger partial charge on any atom is 0.222 e. The lowest BCUT2D eigenvalue weighted by Gasteiger charge is -2.15. The molecule has 0 aliphatic carbocycles. The summed E-state index contributed by atoms with van der Waals surface area (Å²) in [4.78, 5) is 8.37. The number of aryl methyl sites for hydroxylation is 1. The van der Waals surface area contributed by atoms with Crippen molar-refractivity contribution in [1.82, 2.24) is 9.97 Å². The van der Waals surface area contributed by atoms with Gasteiger partial charge in [-0.3, -0.25) is 0 Å². The quantitative estimate of drug-likeness (QED) is 0.877. The van der Waals surface area contributed by atoms with Crippen LogP contribution in [0.2, 0.25) is 0 Å². The van der Waals surface area contributed by atoms with Crippen molar-refractivity contribution in [2.24, 2.45) is 0 Å².